The van der Waals surface area contributed by atoms with Gasteiger partial charge in [-0.15, -0.1) is 0 Å². The van der Waals surface area contributed by atoms with Gasteiger partial charge in [0, 0.05) is 17.8 Å². The Hall–Kier alpha value is -1.09. The summed E-state index contributed by atoms with van der Waals surface area (Å²) in [6.45, 7) is 2.94. The number of aromatic amines is 1. The van der Waals surface area contributed by atoms with Crippen LogP contribution in [0.15, 0.2) is 17.1 Å². The lowest BCUT2D eigenvalue weighted by molar-refractivity contribution is 0.411. The van der Waals surface area contributed by atoms with Gasteiger partial charge < -0.3 is 10.3 Å². The van der Waals surface area contributed by atoms with Gasteiger partial charge in [-0.05, 0) is 37.9 Å². The molecule has 0 aliphatic carbocycles. The molecule has 0 spiro atoms. The van der Waals surface area contributed by atoms with E-state index in [2.05, 4.69) is 10.3 Å². The maximum absolute atomic E-state index is 11.2. The summed E-state index contributed by atoms with van der Waals surface area (Å²) in [7, 11) is 0. The van der Waals surface area contributed by atoms with Gasteiger partial charge in [0.2, 0.25) is 0 Å². The number of hydrogen-bond donors (Lipinski definition) is 2. The standard InChI is InChI=1S/C11H16N2O/c1-8-6-9(7-13-11(8)14)10-4-2-3-5-12-10/h6-7,10,12H,2-5H2,1H3,(H,13,14). The Balaban J connectivity index is 2.22. The molecule has 0 saturated carbocycles. The van der Waals surface area contributed by atoms with Crippen LogP contribution >= 0.6 is 0 Å². The number of piperidine rings is 1. The molecule has 2 N–H and O–H groups in total. The van der Waals surface area contributed by atoms with Crippen LogP contribution in [0.2, 0.25) is 0 Å². The van der Waals surface area contributed by atoms with E-state index in [1.54, 1.807) is 0 Å². The Morgan fingerprint density at radius 3 is 2.93 bits per heavy atom. The highest BCUT2D eigenvalue weighted by molar-refractivity contribution is 5.20. The van der Waals surface area contributed by atoms with Crippen molar-refractivity contribution < 1.29 is 0 Å². The number of aryl methyl sites for hydroxylation is 1. The normalized spacial score (nSPS) is 22.2. The first-order valence-corrected chi connectivity index (χ1v) is 5.20. The Kier molecular flexibility index (Phi) is 2.68. The highest BCUT2D eigenvalue weighted by Crippen LogP contribution is 2.21. The molecule has 0 radical (unpaired) electrons. The third-order valence-corrected chi connectivity index (χ3v) is 2.82. The summed E-state index contributed by atoms with van der Waals surface area (Å²) in [6, 6.07) is 2.42. The molecule has 1 aliphatic rings. The van der Waals surface area contributed by atoms with Crippen molar-refractivity contribution in [2.24, 2.45) is 0 Å². The topological polar surface area (TPSA) is 44.9 Å². The third-order valence-electron chi connectivity index (χ3n) is 2.82. The molecule has 1 aromatic rings. The molecule has 14 heavy (non-hydrogen) atoms. The summed E-state index contributed by atoms with van der Waals surface area (Å²) in [4.78, 5) is 13.9. The molecule has 3 heteroatoms. The van der Waals surface area contributed by atoms with Crippen LogP contribution in [0, 0.1) is 6.92 Å². The van der Waals surface area contributed by atoms with Crippen LogP contribution in [0.1, 0.15) is 36.4 Å². The first-order chi connectivity index (χ1) is 6.77. The second-order valence-electron chi connectivity index (χ2n) is 3.95. The Morgan fingerprint density at radius 1 is 1.43 bits per heavy atom. The van der Waals surface area contributed by atoms with Gasteiger partial charge in [0.1, 0.15) is 0 Å². The van der Waals surface area contributed by atoms with Crippen molar-refractivity contribution in [1.82, 2.24) is 10.3 Å². The molecule has 1 fully saturated rings. The van der Waals surface area contributed by atoms with Crippen LogP contribution in [-0.2, 0) is 0 Å². The summed E-state index contributed by atoms with van der Waals surface area (Å²) in [5.74, 6) is 0. The second-order valence-corrected chi connectivity index (χ2v) is 3.95. The minimum atomic E-state index is 0.0181. The van der Waals surface area contributed by atoms with Gasteiger partial charge >= 0.3 is 0 Å². The molecule has 0 amide bonds. The lowest BCUT2D eigenvalue weighted by atomic mass is 9.98. The van der Waals surface area contributed by atoms with Gasteiger partial charge in [0.05, 0.1) is 0 Å². The van der Waals surface area contributed by atoms with Crippen molar-refractivity contribution >= 4 is 0 Å². The van der Waals surface area contributed by atoms with Crippen molar-refractivity contribution in [3.63, 3.8) is 0 Å². The largest absolute Gasteiger partial charge is 0.329 e. The number of nitrogens with one attached hydrogen (secondary N) is 2. The fourth-order valence-electron chi connectivity index (χ4n) is 1.96. The number of aromatic nitrogens is 1. The molecular weight excluding hydrogens is 176 g/mol. The van der Waals surface area contributed by atoms with E-state index >= 15 is 0 Å². The summed E-state index contributed by atoms with van der Waals surface area (Å²) < 4.78 is 0. The van der Waals surface area contributed by atoms with E-state index in [1.165, 1.54) is 24.8 Å². The molecule has 1 unspecified atom stereocenters. The average molecular weight is 192 g/mol. The van der Waals surface area contributed by atoms with Gasteiger partial charge in [0.15, 0.2) is 0 Å². The van der Waals surface area contributed by atoms with Gasteiger partial charge in [-0.2, -0.15) is 0 Å². The monoisotopic (exact) mass is 192 g/mol. The molecule has 1 atom stereocenters. The average Bonchev–Trinajstić information content (AvgIpc) is 2.23. The van der Waals surface area contributed by atoms with Crippen molar-refractivity contribution in [3.05, 3.63) is 33.7 Å². The molecular formula is C11H16N2O. The predicted molar refractivity (Wildman–Crippen MR) is 56.4 cm³/mol. The molecule has 0 bridgehead atoms. The third kappa shape index (κ3) is 1.87. The maximum Gasteiger partial charge on any atom is 0.250 e. The minimum absolute atomic E-state index is 0.0181. The fourth-order valence-corrected chi connectivity index (χ4v) is 1.96. The molecule has 0 aromatic carbocycles. The summed E-state index contributed by atoms with van der Waals surface area (Å²) in [6.07, 6.45) is 5.54. The lowest BCUT2D eigenvalue weighted by Gasteiger charge is -2.23. The van der Waals surface area contributed by atoms with E-state index in [9.17, 15) is 4.79 Å². The van der Waals surface area contributed by atoms with Crippen LogP contribution in [0.5, 0.6) is 0 Å². The van der Waals surface area contributed by atoms with Crippen molar-refractivity contribution in [2.45, 2.75) is 32.2 Å². The number of hydrogen-bond acceptors (Lipinski definition) is 2. The van der Waals surface area contributed by atoms with Crippen LogP contribution < -0.4 is 10.9 Å². The van der Waals surface area contributed by atoms with E-state index in [-0.39, 0.29) is 5.56 Å². The van der Waals surface area contributed by atoms with Gasteiger partial charge in [-0.1, -0.05) is 6.42 Å². The van der Waals surface area contributed by atoms with Crippen LogP contribution in [-0.4, -0.2) is 11.5 Å². The molecule has 1 aliphatic heterocycles. The zero-order valence-electron chi connectivity index (χ0n) is 8.47. The zero-order valence-corrected chi connectivity index (χ0v) is 8.47. The Bertz CT molecular complexity index is 364. The van der Waals surface area contributed by atoms with E-state index in [0.717, 1.165) is 12.1 Å². The summed E-state index contributed by atoms with van der Waals surface area (Å²) in [5.41, 5.74) is 2.03. The van der Waals surface area contributed by atoms with Crippen LogP contribution in [0.25, 0.3) is 0 Å². The highest BCUT2D eigenvalue weighted by Gasteiger charge is 2.14. The summed E-state index contributed by atoms with van der Waals surface area (Å²) in [5, 5.41) is 3.46. The van der Waals surface area contributed by atoms with Crippen molar-refractivity contribution in [2.75, 3.05) is 6.54 Å². The fraction of sp³-hybridized carbons (Fsp3) is 0.545. The predicted octanol–water partition coefficient (Wildman–Crippen LogP) is 1.50. The van der Waals surface area contributed by atoms with Crippen LogP contribution in [0.3, 0.4) is 0 Å². The number of H-pyrrole nitrogens is 1. The first-order valence-electron chi connectivity index (χ1n) is 5.20. The quantitative estimate of drug-likeness (QED) is 0.708. The molecule has 76 valence electrons. The molecule has 2 heterocycles. The maximum atomic E-state index is 11.2. The highest BCUT2D eigenvalue weighted by atomic mass is 16.1. The Labute approximate surface area is 83.5 Å². The lowest BCUT2D eigenvalue weighted by Crippen LogP contribution is -2.27. The first kappa shape index (κ1) is 9.46. The van der Waals surface area contributed by atoms with Gasteiger partial charge in [-0.25, -0.2) is 0 Å². The van der Waals surface area contributed by atoms with Gasteiger partial charge in [0.25, 0.3) is 5.56 Å². The molecule has 1 aromatic heterocycles. The zero-order chi connectivity index (χ0) is 9.97. The smallest absolute Gasteiger partial charge is 0.250 e. The minimum Gasteiger partial charge on any atom is -0.329 e. The van der Waals surface area contributed by atoms with E-state index < -0.39 is 0 Å². The Morgan fingerprint density at radius 2 is 2.29 bits per heavy atom. The summed E-state index contributed by atoms with van der Waals surface area (Å²) >= 11 is 0. The number of rotatable bonds is 1. The SMILES string of the molecule is Cc1cc(C2CCCCN2)c[nH]c1=O. The van der Waals surface area contributed by atoms with Crippen LogP contribution in [0.4, 0.5) is 0 Å². The van der Waals surface area contributed by atoms with E-state index in [4.69, 9.17) is 0 Å². The van der Waals surface area contributed by atoms with Gasteiger partial charge in [-0.3, -0.25) is 4.79 Å². The molecule has 2 rings (SSSR count). The molecule has 3 nitrogen and oxygen atoms in total. The van der Waals surface area contributed by atoms with E-state index in [1.807, 2.05) is 19.2 Å². The second kappa shape index (κ2) is 3.96. The van der Waals surface area contributed by atoms with Crippen molar-refractivity contribution in [3.8, 4) is 0 Å². The van der Waals surface area contributed by atoms with E-state index in [0.29, 0.717) is 6.04 Å². The number of pyridine rings is 1. The molecule has 1 saturated heterocycles. The van der Waals surface area contributed by atoms with Crippen molar-refractivity contribution in [1.29, 1.82) is 0 Å².